The number of unbranched alkanes of at least 4 members (excludes halogenated alkanes) is 37. The van der Waals surface area contributed by atoms with Gasteiger partial charge < -0.3 is 20.1 Å². The van der Waals surface area contributed by atoms with Gasteiger partial charge in [-0.15, -0.1) is 0 Å². The van der Waals surface area contributed by atoms with E-state index in [1.807, 2.05) is 0 Å². The van der Waals surface area contributed by atoms with Crippen LogP contribution in [0.25, 0.3) is 0 Å². The molecule has 0 aliphatic carbocycles. The average Bonchev–Trinajstić information content (AvgIpc) is 3.27. The lowest BCUT2D eigenvalue weighted by molar-refractivity contribution is -0.161. The van der Waals surface area contributed by atoms with E-state index in [1.165, 1.54) is 212 Å². The number of esters is 2. The molecule has 0 amide bonds. The highest BCUT2D eigenvalue weighted by Gasteiger charge is 2.26. The van der Waals surface area contributed by atoms with Crippen LogP contribution in [-0.4, -0.2) is 49.3 Å². The minimum absolute atomic E-state index is 0.0563. The van der Waals surface area contributed by atoms with Crippen molar-refractivity contribution in [1.29, 1.82) is 0 Å². The van der Waals surface area contributed by atoms with Gasteiger partial charge in [0.15, 0.2) is 6.10 Å². The second-order valence-electron chi connectivity index (χ2n) is 18.5. The van der Waals surface area contributed by atoms with E-state index >= 15 is 0 Å². The smallest absolute Gasteiger partial charge is 0.462 e. The van der Waals surface area contributed by atoms with Crippen LogP contribution >= 0.6 is 7.82 Å². The number of phosphoric ester groups is 1. The highest BCUT2D eigenvalue weighted by atomic mass is 31.2. The Hall–Kier alpha value is -1.25. The van der Waals surface area contributed by atoms with E-state index < -0.39 is 26.5 Å². The Kier molecular flexibility index (Phi) is 49.2. The van der Waals surface area contributed by atoms with Crippen molar-refractivity contribution in [3.8, 4) is 0 Å². The Balaban J connectivity index is 3.96. The maximum absolute atomic E-state index is 12.7. The molecule has 0 aromatic heterocycles. The summed E-state index contributed by atoms with van der Waals surface area (Å²) >= 11 is 0. The molecule has 0 rings (SSSR count). The van der Waals surface area contributed by atoms with Crippen molar-refractivity contribution in [3.63, 3.8) is 0 Å². The largest absolute Gasteiger partial charge is 0.472 e. The summed E-state index contributed by atoms with van der Waals surface area (Å²) in [4.78, 5) is 35.1. The van der Waals surface area contributed by atoms with Crippen LogP contribution in [0.3, 0.4) is 0 Å². The summed E-state index contributed by atoms with van der Waals surface area (Å²) in [5, 5.41) is 0. The Morgan fingerprint density at radius 3 is 1.13 bits per heavy atom. The summed E-state index contributed by atoms with van der Waals surface area (Å²) in [6.45, 7) is 3.79. The lowest BCUT2D eigenvalue weighted by Gasteiger charge is -2.19. The Labute approximate surface area is 389 Å². The first-order valence-corrected chi connectivity index (χ1v) is 28.7. The number of allylic oxidation sites excluding steroid dienone is 2. The van der Waals surface area contributed by atoms with Crippen LogP contribution in [0.1, 0.15) is 284 Å². The fourth-order valence-corrected chi connectivity index (χ4v) is 8.87. The van der Waals surface area contributed by atoms with Crippen molar-refractivity contribution in [3.05, 3.63) is 12.2 Å². The van der Waals surface area contributed by atoms with Crippen LogP contribution < -0.4 is 5.73 Å². The average molecular weight is 914 g/mol. The predicted molar refractivity (Wildman–Crippen MR) is 266 cm³/mol. The molecule has 0 fully saturated rings. The van der Waals surface area contributed by atoms with Crippen molar-refractivity contribution in [1.82, 2.24) is 0 Å². The SMILES string of the molecule is CCCCCCCC/C=C/CCCCCCCCCCCC(=O)O[C@H](COC(=O)CCCCCCCCCCCCCCCCCCCCCCCCC)COP(=O)(O)OCCN. The van der Waals surface area contributed by atoms with Gasteiger partial charge in [-0.25, -0.2) is 4.57 Å². The Morgan fingerprint density at radius 2 is 0.778 bits per heavy atom. The van der Waals surface area contributed by atoms with Crippen molar-refractivity contribution in [2.45, 2.75) is 290 Å². The summed E-state index contributed by atoms with van der Waals surface area (Å²) in [6, 6.07) is 0. The minimum atomic E-state index is -4.38. The fraction of sp³-hybridized carbons (Fsp3) is 0.925. The Morgan fingerprint density at radius 1 is 0.460 bits per heavy atom. The molecule has 0 heterocycles. The number of hydrogen-bond acceptors (Lipinski definition) is 8. The summed E-state index contributed by atoms with van der Waals surface area (Å²) in [5.74, 6) is -0.812. The molecule has 0 aliphatic heterocycles. The number of hydrogen-bond donors (Lipinski definition) is 2. The maximum atomic E-state index is 12.7. The first-order valence-electron chi connectivity index (χ1n) is 27.2. The van der Waals surface area contributed by atoms with Gasteiger partial charge in [-0.1, -0.05) is 244 Å². The molecule has 0 saturated heterocycles. The molecule has 9 nitrogen and oxygen atoms in total. The molecule has 0 saturated carbocycles. The maximum Gasteiger partial charge on any atom is 0.472 e. The van der Waals surface area contributed by atoms with Gasteiger partial charge in [0, 0.05) is 19.4 Å². The van der Waals surface area contributed by atoms with E-state index in [1.54, 1.807) is 0 Å². The van der Waals surface area contributed by atoms with Gasteiger partial charge in [0.25, 0.3) is 0 Å². The second kappa shape index (κ2) is 50.2. The molecule has 0 bridgehead atoms. The van der Waals surface area contributed by atoms with Gasteiger partial charge in [0.1, 0.15) is 6.61 Å². The van der Waals surface area contributed by atoms with E-state index in [-0.39, 0.29) is 38.6 Å². The molecule has 0 aliphatic rings. The Bertz CT molecular complexity index is 1040. The number of nitrogens with two attached hydrogens (primary N) is 1. The van der Waals surface area contributed by atoms with E-state index in [9.17, 15) is 19.0 Å². The van der Waals surface area contributed by atoms with E-state index in [0.717, 1.165) is 38.5 Å². The normalized spacial score (nSPS) is 13.1. The minimum Gasteiger partial charge on any atom is -0.462 e. The highest BCUT2D eigenvalue weighted by Crippen LogP contribution is 2.43. The molecular formula is C53H104NO8P. The molecule has 3 N–H and O–H groups in total. The molecule has 2 atom stereocenters. The van der Waals surface area contributed by atoms with Crippen LogP contribution in [-0.2, 0) is 32.7 Å². The monoisotopic (exact) mass is 914 g/mol. The zero-order valence-electron chi connectivity index (χ0n) is 41.6. The second-order valence-corrected chi connectivity index (χ2v) is 19.9. The standard InChI is InChI=1S/C53H104NO8P/c1-3-5-7-9-11-13-15-17-19-21-23-24-25-26-28-29-31-33-35-37-39-41-43-45-52(55)59-49-51(50-61-63(57,58)60-48-47-54)62-53(56)46-44-42-40-38-36-34-32-30-27-22-20-18-16-14-12-10-8-6-4-2/h18,20,51H,3-17,19,21-50,54H2,1-2H3,(H,57,58)/b20-18+/t51-/m1/s1. The topological polar surface area (TPSA) is 134 Å². The van der Waals surface area contributed by atoms with E-state index in [4.69, 9.17) is 24.3 Å². The summed E-state index contributed by atoms with van der Waals surface area (Å²) < 4.78 is 33.0. The summed E-state index contributed by atoms with van der Waals surface area (Å²) in [5.41, 5.74) is 5.37. The molecule has 0 spiro atoms. The number of carbonyl (C=O) groups excluding carboxylic acids is 2. The van der Waals surface area contributed by atoms with E-state index in [2.05, 4.69) is 26.0 Å². The third-order valence-corrected chi connectivity index (χ3v) is 13.1. The number of phosphoric acid groups is 1. The molecule has 63 heavy (non-hydrogen) atoms. The number of rotatable bonds is 52. The fourth-order valence-electron chi connectivity index (χ4n) is 8.10. The summed E-state index contributed by atoms with van der Waals surface area (Å²) in [7, 11) is -4.38. The molecule has 0 aromatic rings. The third kappa shape index (κ3) is 50.0. The molecule has 1 unspecified atom stereocenters. The van der Waals surface area contributed by atoms with Crippen LogP contribution in [0.4, 0.5) is 0 Å². The van der Waals surface area contributed by atoms with Crippen LogP contribution in [0.2, 0.25) is 0 Å². The predicted octanol–water partition coefficient (Wildman–Crippen LogP) is 16.5. The molecule has 0 aromatic carbocycles. The van der Waals surface area contributed by atoms with Crippen LogP contribution in [0.15, 0.2) is 12.2 Å². The van der Waals surface area contributed by atoms with Gasteiger partial charge in [-0.2, -0.15) is 0 Å². The van der Waals surface area contributed by atoms with Crippen molar-refractivity contribution in [2.24, 2.45) is 5.73 Å². The molecule has 10 heteroatoms. The molecular weight excluding hydrogens is 810 g/mol. The van der Waals surface area contributed by atoms with Gasteiger partial charge in [0.05, 0.1) is 13.2 Å². The van der Waals surface area contributed by atoms with Crippen LogP contribution in [0.5, 0.6) is 0 Å². The highest BCUT2D eigenvalue weighted by molar-refractivity contribution is 7.47. The molecule has 374 valence electrons. The zero-order chi connectivity index (χ0) is 46.0. The third-order valence-electron chi connectivity index (χ3n) is 12.2. The molecule has 0 radical (unpaired) electrons. The summed E-state index contributed by atoms with van der Waals surface area (Å²) in [6.07, 6.45) is 55.4. The lowest BCUT2D eigenvalue weighted by atomic mass is 10.0. The first kappa shape index (κ1) is 61.8. The van der Waals surface area contributed by atoms with E-state index in [0.29, 0.717) is 6.42 Å². The van der Waals surface area contributed by atoms with Crippen molar-refractivity contribution in [2.75, 3.05) is 26.4 Å². The number of carbonyl (C=O) groups is 2. The van der Waals surface area contributed by atoms with Crippen molar-refractivity contribution < 1.29 is 37.6 Å². The first-order chi connectivity index (χ1) is 30.8. The zero-order valence-corrected chi connectivity index (χ0v) is 42.5. The van der Waals surface area contributed by atoms with Crippen LogP contribution in [0, 0.1) is 0 Å². The number of ether oxygens (including phenoxy) is 2. The van der Waals surface area contributed by atoms with Gasteiger partial charge in [-0.05, 0) is 38.5 Å². The van der Waals surface area contributed by atoms with Crippen molar-refractivity contribution >= 4 is 19.8 Å². The van der Waals surface area contributed by atoms with Gasteiger partial charge >= 0.3 is 19.8 Å². The van der Waals surface area contributed by atoms with Gasteiger partial charge in [-0.3, -0.25) is 18.6 Å². The van der Waals surface area contributed by atoms with Gasteiger partial charge in [0.2, 0.25) is 0 Å². The quantitative estimate of drug-likeness (QED) is 0.0265. The lowest BCUT2D eigenvalue weighted by Crippen LogP contribution is -2.29.